The van der Waals surface area contributed by atoms with Crippen molar-refractivity contribution in [2.45, 2.75) is 6.17 Å². The van der Waals surface area contributed by atoms with Crippen molar-refractivity contribution in [3.63, 3.8) is 0 Å². The van der Waals surface area contributed by atoms with E-state index >= 15 is 0 Å². The maximum Gasteiger partial charge on any atom is 0.150 e. The zero-order valence-corrected chi connectivity index (χ0v) is 8.51. The Kier molecular flexibility index (Phi) is 3.05. The summed E-state index contributed by atoms with van der Waals surface area (Å²) in [5.41, 5.74) is 1.65. The van der Waals surface area contributed by atoms with Gasteiger partial charge in [0.1, 0.15) is 6.29 Å². The maximum absolute atomic E-state index is 14.0. The Hall–Kier alpha value is -2.03. The molecule has 0 aliphatic rings. The summed E-state index contributed by atoms with van der Waals surface area (Å²) in [6, 6.07) is 9.73. The fraction of sp³-hybridized carbons (Fsp3) is 0.0769. The third-order valence-corrected chi connectivity index (χ3v) is 2.36. The summed E-state index contributed by atoms with van der Waals surface area (Å²) in [7, 11) is 0. The van der Waals surface area contributed by atoms with E-state index in [1.165, 1.54) is 0 Å². The van der Waals surface area contributed by atoms with E-state index in [1.54, 1.807) is 48.8 Å². The summed E-state index contributed by atoms with van der Waals surface area (Å²) in [5, 5.41) is 0. The van der Waals surface area contributed by atoms with Crippen LogP contribution >= 0.6 is 0 Å². The molecule has 0 aliphatic carbocycles. The SMILES string of the molecule is O=Cc1ccc(C(F)c2ccncc2)cc1. The first kappa shape index (κ1) is 10.5. The minimum Gasteiger partial charge on any atom is -0.298 e. The average molecular weight is 215 g/mol. The molecule has 1 aromatic carbocycles. The predicted molar refractivity (Wildman–Crippen MR) is 59.0 cm³/mol. The van der Waals surface area contributed by atoms with Gasteiger partial charge in [0.15, 0.2) is 6.17 Å². The minimum absolute atomic E-state index is 0.539. The molecule has 0 spiro atoms. The molecular formula is C13H10FNO. The van der Waals surface area contributed by atoms with Crippen molar-refractivity contribution in [3.8, 4) is 0 Å². The number of hydrogen-bond donors (Lipinski definition) is 0. The third kappa shape index (κ3) is 2.14. The summed E-state index contributed by atoms with van der Waals surface area (Å²) < 4.78 is 14.0. The second-order valence-corrected chi connectivity index (χ2v) is 3.43. The van der Waals surface area contributed by atoms with Gasteiger partial charge in [-0.15, -0.1) is 0 Å². The molecule has 0 saturated carbocycles. The first-order valence-corrected chi connectivity index (χ1v) is 4.90. The topological polar surface area (TPSA) is 30.0 Å². The van der Waals surface area contributed by atoms with Crippen molar-refractivity contribution in [3.05, 3.63) is 65.5 Å². The second-order valence-electron chi connectivity index (χ2n) is 3.43. The van der Waals surface area contributed by atoms with Crippen LogP contribution in [0.15, 0.2) is 48.8 Å². The third-order valence-electron chi connectivity index (χ3n) is 2.36. The molecular weight excluding hydrogens is 205 g/mol. The molecule has 0 saturated heterocycles. The number of pyridine rings is 1. The zero-order chi connectivity index (χ0) is 11.4. The van der Waals surface area contributed by atoms with E-state index in [1.807, 2.05) is 0 Å². The summed E-state index contributed by atoms with van der Waals surface area (Å²) in [4.78, 5) is 14.3. The van der Waals surface area contributed by atoms with Crippen molar-refractivity contribution in [1.29, 1.82) is 0 Å². The molecule has 0 bridgehead atoms. The van der Waals surface area contributed by atoms with Gasteiger partial charge in [-0.05, 0) is 23.3 Å². The molecule has 1 heterocycles. The highest BCUT2D eigenvalue weighted by Gasteiger charge is 2.11. The molecule has 0 amide bonds. The average Bonchev–Trinajstić information content (AvgIpc) is 2.39. The highest BCUT2D eigenvalue weighted by atomic mass is 19.1. The quantitative estimate of drug-likeness (QED) is 0.737. The number of halogens is 1. The van der Waals surface area contributed by atoms with Gasteiger partial charge in [0.2, 0.25) is 0 Å². The Morgan fingerprint density at radius 3 is 2.12 bits per heavy atom. The normalized spacial score (nSPS) is 12.1. The summed E-state index contributed by atoms with van der Waals surface area (Å²) in [6.45, 7) is 0. The van der Waals surface area contributed by atoms with Crippen LogP contribution in [0.3, 0.4) is 0 Å². The Morgan fingerprint density at radius 1 is 1.00 bits per heavy atom. The zero-order valence-electron chi connectivity index (χ0n) is 8.51. The number of aromatic nitrogens is 1. The van der Waals surface area contributed by atoms with Crippen molar-refractivity contribution in [2.24, 2.45) is 0 Å². The summed E-state index contributed by atoms with van der Waals surface area (Å²) in [6.07, 6.45) is 2.68. The first-order valence-electron chi connectivity index (χ1n) is 4.90. The second kappa shape index (κ2) is 4.66. The van der Waals surface area contributed by atoms with Gasteiger partial charge in [-0.3, -0.25) is 9.78 Å². The molecule has 0 radical (unpaired) electrons. The number of alkyl halides is 1. The lowest BCUT2D eigenvalue weighted by Crippen LogP contribution is -1.94. The Morgan fingerprint density at radius 2 is 1.56 bits per heavy atom. The van der Waals surface area contributed by atoms with Crippen LogP contribution in [0.2, 0.25) is 0 Å². The fourth-order valence-electron chi connectivity index (χ4n) is 1.47. The van der Waals surface area contributed by atoms with Crippen LogP contribution in [0.5, 0.6) is 0 Å². The van der Waals surface area contributed by atoms with Gasteiger partial charge in [-0.2, -0.15) is 0 Å². The van der Waals surface area contributed by atoms with Crippen molar-refractivity contribution >= 4 is 6.29 Å². The molecule has 1 atom stereocenters. The molecule has 3 heteroatoms. The molecule has 1 aromatic heterocycles. The Labute approximate surface area is 92.8 Å². The molecule has 0 fully saturated rings. The number of carbonyl (C=O) groups is 1. The van der Waals surface area contributed by atoms with E-state index in [2.05, 4.69) is 4.98 Å². The Balaban J connectivity index is 2.27. The van der Waals surface area contributed by atoms with E-state index in [9.17, 15) is 9.18 Å². The molecule has 2 aromatic rings. The van der Waals surface area contributed by atoms with Gasteiger partial charge in [0, 0.05) is 18.0 Å². The van der Waals surface area contributed by atoms with Gasteiger partial charge in [-0.25, -0.2) is 4.39 Å². The molecule has 0 N–H and O–H groups in total. The summed E-state index contributed by atoms with van der Waals surface area (Å²) >= 11 is 0. The van der Waals surface area contributed by atoms with Crippen molar-refractivity contribution in [2.75, 3.05) is 0 Å². The van der Waals surface area contributed by atoms with Crippen LogP contribution < -0.4 is 0 Å². The van der Waals surface area contributed by atoms with Crippen LogP contribution in [0.1, 0.15) is 27.7 Å². The van der Waals surface area contributed by atoms with Crippen molar-refractivity contribution < 1.29 is 9.18 Å². The lowest BCUT2D eigenvalue weighted by atomic mass is 10.0. The van der Waals surface area contributed by atoms with Crippen LogP contribution in [-0.4, -0.2) is 11.3 Å². The number of rotatable bonds is 3. The van der Waals surface area contributed by atoms with Gasteiger partial charge in [0.25, 0.3) is 0 Å². The smallest absolute Gasteiger partial charge is 0.150 e. The largest absolute Gasteiger partial charge is 0.298 e. The molecule has 16 heavy (non-hydrogen) atoms. The van der Waals surface area contributed by atoms with E-state index in [-0.39, 0.29) is 0 Å². The van der Waals surface area contributed by atoms with Crippen LogP contribution in [0.25, 0.3) is 0 Å². The van der Waals surface area contributed by atoms with Gasteiger partial charge in [-0.1, -0.05) is 24.3 Å². The molecule has 0 aliphatic heterocycles. The lowest BCUT2D eigenvalue weighted by molar-refractivity contribution is 0.112. The first-order chi connectivity index (χ1) is 7.81. The molecule has 1 unspecified atom stereocenters. The van der Waals surface area contributed by atoms with E-state index < -0.39 is 6.17 Å². The van der Waals surface area contributed by atoms with Crippen molar-refractivity contribution in [1.82, 2.24) is 4.98 Å². The minimum atomic E-state index is -1.18. The van der Waals surface area contributed by atoms with Gasteiger partial charge >= 0.3 is 0 Å². The van der Waals surface area contributed by atoms with E-state index in [4.69, 9.17) is 0 Å². The monoisotopic (exact) mass is 215 g/mol. The highest BCUT2D eigenvalue weighted by Crippen LogP contribution is 2.25. The molecule has 80 valence electrons. The maximum atomic E-state index is 14.0. The van der Waals surface area contributed by atoms with Crippen LogP contribution in [0.4, 0.5) is 4.39 Å². The fourth-order valence-corrected chi connectivity index (χ4v) is 1.47. The van der Waals surface area contributed by atoms with E-state index in [0.29, 0.717) is 16.7 Å². The standard InChI is InChI=1S/C13H10FNO/c14-13(12-5-7-15-8-6-12)11-3-1-10(9-16)2-4-11/h1-9,13H. The molecule has 2 rings (SSSR count). The number of benzene rings is 1. The number of nitrogens with zero attached hydrogens (tertiary/aromatic N) is 1. The molecule has 2 nitrogen and oxygen atoms in total. The predicted octanol–water partition coefficient (Wildman–Crippen LogP) is 2.95. The Bertz CT molecular complexity index is 467. The van der Waals surface area contributed by atoms with Crippen LogP contribution in [-0.2, 0) is 0 Å². The number of aldehydes is 1. The van der Waals surface area contributed by atoms with Crippen LogP contribution in [0, 0.1) is 0 Å². The summed E-state index contributed by atoms with van der Waals surface area (Å²) in [5.74, 6) is 0. The lowest BCUT2D eigenvalue weighted by Gasteiger charge is -2.08. The highest BCUT2D eigenvalue weighted by molar-refractivity contribution is 5.74. The van der Waals surface area contributed by atoms with Gasteiger partial charge in [0.05, 0.1) is 0 Å². The number of carbonyl (C=O) groups excluding carboxylic acids is 1. The number of hydrogen-bond acceptors (Lipinski definition) is 2. The van der Waals surface area contributed by atoms with E-state index in [0.717, 1.165) is 6.29 Å². The van der Waals surface area contributed by atoms with Gasteiger partial charge < -0.3 is 0 Å².